The van der Waals surface area contributed by atoms with E-state index in [2.05, 4.69) is 20.7 Å². The molecule has 0 aliphatic heterocycles. The number of ether oxygens (including phenoxy) is 1. The van der Waals surface area contributed by atoms with Crippen LogP contribution in [0.3, 0.4) is 0 Å². The number of para-hydroxylation sites is 1. The Morgan fingerprint density at radius 3 is 2.79 bits per heavy atom. The maximum absolute atomic E-state index is 11.2. The van der Waals surface area contributed by atoms with Gasteiger partial charge in [-0.2, -0.15) is 0 Å². The first-order valence-electron chi connectivity index (χ1n) is 6.42. The van der Waals surface area contributed by atoms with Gasteiger partial charge in [-0.15, -0.1) is 0 Å². The summed E-state index contributed by atoms with van der Waals surface area (Å²) in [7, 11) is 1.41. The molecule has 0 amide bonds. The van der Waals surface area contributed by atoms with Crippen LogP contribution in [0.15, 0.2) is 36.4 Å². The summed E-state index contributed by atoms with van der Waals surface area (Å²) in [5, 5.41) is 1.12. The van der Waals surface area contributed by atoms with Crippen LogP contribution in [0.2, 0.25) is 0 Å². The monoisotopic (exact) mass is 258 g/mol. The predicted octanol–water partition coefficient (Wildman–Crippen LogP) is 2.62. The second-order valence-corrected chi connectivity index (χ2v) is 4.27. The largest absolute Gasteiger partial charge is 0.469 e. The zero-order valence-electron chi connectivity index (χ0n) is 11.3. The maximum atomic E-state index is 11.2. The summed E-state index contributed by atoms with van der Waals surface area (Å²) in [5.41, 5.74) is 0.969. The van der Waals surface area contributed by atoms with Crippen molar-refractivity contribution >= 4 is 22.7 Å². The topological polar surface area (TPSA) is 42.4 Å². The number of benzene rings is 1. The van der Waals surface area contributed by atoms with Crippen LogP contribution in [0.5, 0.6) is 0 Å². The van der Waals surface area contributed by atoms with Gasteiger partial charge in [0.25, 0.3) is 0 Å². The van der Waals surface area contributed by atoms with Gasteiger partial charge in [-0.3, -0.25) is 4.79 Å². The van der Waals surface area contributed by atoms with E-state index < -0.39 is 0 Å². The number of anilines is 1. The lowest BCUT2D eigenvalue weighted by Gasteiger charge is -2.21. The van der Waals surface area contributed by atoms with Crippen LogP contribution < -0.4 is 4.90 Å². The van der Waals surface area contributed by atoms with Crippen LogP contribution in [-0.4, -0.2) is 31.2 Å². The Kier molecular flexibility index (Phi) is 4.34. The van der Waals surface area contributed by atoms with Gasteiger partial charge < -0.3 is 9.64 Å². The van der Waals surface area contributed by atoms with E-state index >= 15 is 0 Å². The standard InChI is InChI=1S/C15H18N2O2/c1-3-17(11-10-15(18)19-2)14-9-8-12-6-4-5-7-13(12)16-14/h4-9H,3,10-11H2,1-2H3. The third-order valence-electron chi connectivity index (χ3n) is 3.10. The average molecular weight is 258 g/mol. The molecule has 0 aliphatic carbocycles. The highest BCUT2D eigenvalue weighted by Gasteiger charge is 2.09. The van der Waals surface area contributed by atoms with E-state index in [1.165, 1.54) is 7.11 Å². The third-order valence-corrected chi connectivity index (χ3v) is 3.10. The van der Waals surface area contributed by atoms with Gasteiger partial charge in [-0.05, 0) is 25.1 Å². The summed E-state index contributed by atoms with van der Waals surface area (Å²) in [6, 6.07) is 12.0. The van der Waals surface area contributed by atoms with E-state index in [4.69, 9.17) is 0 Å². The molecule has 0 radical (unpaired) electrons. The van der Waals surface area contributed by atoms with Gasteiger partial charge in [0.05, 0.1) is 19.0 Å². The molecule has 0 aliphatic rings. The molecular formula is C15H18N2O2. The van der Waals surface area contributed by atoms with Crippen molar-refractivity contribution < 1.29 is 9.53 Å². The Balaban J connectivity index is 2.18. The summed E-state index contributed by atoms with van der Waals surface area (Å²) in [4.78, 5) is 17.9. The minimum atomic E-state index is -0.195. The van der Waals surface area contributed by atoms with E-state index in [0.29, 0.717) is 13.0 Å². The predicted molar refractivity (Wildman–Crippen MR) is 76.3 cm³/mol. The summed E-state index contributed by atoms with van der Waals surface area (Å²) in [6.07, 6.45) is 0.374. The molecule has 19 heavy (non-hydrogen) atoms. The molecule has 0 atom stereocenters. The van der Waals surface area contributed by atoms with Gasteiger partial charge >= 0.3 is 5.97 Å². The van der Waals surface area contributed by atoms with Crippen molar-refractivity contribution in [3.63, 3.8) is 0 Å². The second kappa shape index (κ2) is 6.18. The lowest BCUT2D eigenvalue weighted by Crippen LogP contribution is -2.26. The Labute approximate surface area is 113 Å². The Morgan fingerprint density at radius 2 is 2.05 bits per heavy atom. The van der Waals surface area contributed by atoms with Crippen LogP contribution in [-0.2, 0) is 9.53 Å². The molecule has 2 rings (SSSR count). The highest BCUT2D eigenvalue weighted by Crippen LogP contribution is 2.17. The summed E-state index contributed by atoms with van der Waals surface area (Å²) >= 11 is 0. The lowest BCUT2D eigenvalue weighted by atomic mass is 10.2. The van der Waals surface area contributed by atoms with E-state index in [-0.39, 0.29) is 5.97 Å². The molecule has 0 bridgehead atoms. The first-order chi connectivity index (χ1) is 9.24. The van der Waals surface area contributed by atoms with Crippen molar-refractivity contribution in [2.75, 3.05) is 25.1 Å². The zero-order chi connectivity index (χ0) is 13.7. The van der Waals surface area contributed by atoms with Crippen LogP contribution >= 0.6 is 0 Å². The first kappa shape index (κ1) is 13.3. The van der Waals surface area contributed by atoms with Crippen molar-refractivity contribution in [2.45, 2.75) is 13.3 Å². The molecule has 1 aromatic carbocycles. The fraction of sp³-hybridized carbons (Fsp3) is 0.333. The van der Waals surface area contributed by atoms with Crippen molar-refractivity contribution in [1.82, 2.24) is 4.98 Å². The van der Waals surface area contributed by atoms with Gasteiger partial charge in [0.1, 0.15) is 5.82 Å². The second-order valence-electron chi connectivity index (χ2n) is 4.27. The molecule has 0 saturated heterocycles. The summed E-state index contributed by atoms with van der Waals surface area (Å²) in [5.74, 6) is 0.698. The molecule has 4 nitrogen and oxygen atoms in total. The van der Waals surface area contributed by atoms with Crippen LogP contribution in [0.1, 0.15) is 13.3 Å². The maximum Gasteiger partial charge on any atom is 0.307 e. The number of fused-ring (bicyclic) bond motifs is 1. The van der Waals surface area contributed by atoms with Crippen molar-refractivity contribution in [3.05, 3.63) is 36.4 Å². The smallest absolute Gasteiger partial charge is 0.307 e. The third kappa shape index (κ3) is 3.22. The Hall–Kier alpha value is -2.10. The van der Waals surface area contributed by atoms with E-state index in [1.807, 2.05) is 37.3 Å². The SMILES string of the molecule is CCN(CCC(=O)OC)c1ccc2ccccc2n1. The molecule has 100 valence electrons. The number of carbonyl (C=O) groups is 1. The fourth-order valence-corrected chi connectivity index (χ4v) is 1.99. The molecule has 1 aromatic heterocycles. The van der Waals surface area contributed by atoms with Gasteiger partial charge in [0.15, 0.2) is 0 Å². The van der Waals surface area contributed by atoms with E-state index in [0.717, 1.165) is 23.3 Å². The number of nitrogens with zero attached hydrogens (tertiary/aromatic N) is 2. The summed E-state index contributed by atoms with van der Waals surface area (Å²) in [6.45, 7) is 3.48. The van der Waals surface area contributed by atoms with Crippen molar-refractivity contribution in [3.8, 4) is 0 Å². The quantitative estimate of drug-likeness (QED) is 0.773. The number of carbonyl (C=O) groups excluding carboxylic acids is 1. The fourth-order valence-electron chi connectivity index (χ4n) is 1.99. The Bertz CT molecular complexity index is 569. The molecule has 0 spiro atoms. The number of hydrogen-bond donors (Lipinski definition) is 0. The molecule has 0 unspecified atom stereocenters. The number of esters is 1. The first-order valence-corrected chi connectivity index (χ1v) is 6.42. The van der Waals surface area contributed by atoms with Crippen molar-refractivity contribution in [1.29, 1.82) is 0 Å². The Morgan fingerprint density at radius 1 is 1.26 bits per heavy atom. The number of hydrogen-bond acceptors (Lipinski definition) is 4. The van der Waals surface area contributed by atoms with Crippen LogP contribution in [0.25, 0.3) is 10.9 Å². The zero-order valence-corrected chi connectivity index (χ0v) is 11.3. The lowest BCUT2D eigenvalue weighted by molar-refractivity contribution is -0.140. The highest BCUT2D eigenvalue weighted by molar-refractivity contribution is 5.80. The number of methoxy groups -OCH3 is 1. The number of rotatable bonds is 5. The average Bonchev–Trinajstić information content (AvgIpc) is 2.47. The number of pyridine rings is 1. The van der Waals surface area contributed by atoms with Crippen LogP contribution in [0.4, 0.5) is 5.82 Å². The van der Waals surface area contributed by atoms with Gasteiger partial charge in [-0.1, -0.05) is 18.2 Å². The molecule has 0 saturated carbocycles. The molecule has 0 N–H and O–H groups in total. The van der Waals surface area contributed by atoms with Gasteiger partial charge in [0.2, 0.25) is 0 Å². The number of aromatic nitrogens is 1. The molecule has 1 heterocycles. The van der Waals surface area contributed by atoms with Crippen LogP contribution in [0, 0.1) is 0 Å². The normalized spacial score (nSPS) is 10.4. The minimum Gasteiger partial charge on any atom is -0.469 e. The molecule has 4 heteroatoms. The van der Waals surface area contributed by atoms with Gasteiger partial charge in [-0.25, -0.2) is 4.98 Å². The summed E-state index contributed by atoms with van der Waals surface area (Å²) < 4.78 is 4.67. The van der Waals surface area contributed by atoms with E-state index in [9.17, 15) is 4.79 Å². The minimum absolute atomic E-state index is 0.195. The molecular weight excluding hydrogens is 240 g/mol. The molecule has 2 aromatic rings. The molecule has 0 fully saturated rings. The van der Waals surface area contributed by atoms with Gasteiger partial charge in [0, 0.05) is 18.5 Å². The van der Waals surface area contributed by atoms with Crippen molar-refractivity contribution in [2.24, 2.45) is 0 Å². The van der Waals surface area contributed by atoms with E-state index in [1.54, 1.807) is 0 Å². The highest BCUT2D eigenvalue weighted by atomic mass is 16.5.